The van der Waals surface area contributed by atoms with Gasteiger partial charge in [0, 0.05) is 18.7 Å². The summed E-state index contributed by atoms with van der Waals surface area (Å²) >= 11 is 0. The number of sulfonamides is 1. The molecule has 9 nitrogen and oxygen atoms in total. The van der Waals surface area contributed by atoms with Crippen LogP contribution in [0, 0.1) is 6.92 Å². The summed E-state index contributed by atoms with van der Waals surface area (Å²) in [5.74, 6) is -0.0630. The summed E-state index contributed by atoms with van der Waals surface area (Å²) in [6, 6.07) is 11.7. The molecule has 10 heteroatoms. The second-order valence-electron chi connectivity index (χ2n) is 9.84. The van der Waals surface area contributed by atoms with Crippen molar-refractivity contribution in [3.8, 4) is 11.5 Å². The van der Waals surface area contributed by atoms with Crippen molar-refractivity contribution in [2.24, 2.45) is 0 Å². The monoisotopic (exact) mass is 545 g/mol. The van der Waals surface area contributed by atoms with Crippen LogP contribution >= 0.6 is 0 Å². The number of nitrogens with zero attached hydrogens (tertiary/aromatic N) is 2. The number of anilines is 1. The predicted molar refractivity (Wildman–Crippen MR) is 148 cm³/mol. The number of hydrogen-bond donors (Lipinski definition) is 1. The fraction of sp³-hybridized carbons (Fsp3) is 0.500. The van der Waals surface area contributed by atoms with Crippen molar-refractivity contribution in [3.05, 3.63) is 53.6 Å². The van der Waals surface area contributed by atoms with E-state index in [2.05, 4.69) is 5.32 Å². The second kappa shape index (κ2) is 13.0. The number of benzene rings is 2. The van der Waals surface area contributed by atoms with Gasteiger partial charge >= 0.3 is 0 Å². The molecule has 1 saturated carbocycles. The molecule has 0 heterocycles. The van der Waals surface area contributed by atoms with E-state index in [-0.39, 0.29) is 29.9 Å². The van der Waals surface area contributed by atoms with Crippen molar-refractivity contribution in [3.63, 3.8) is 0 Å². The number of rotatable bonds is 11. The fourth-order valence-corrected chi connectivity index (χ4v) is 5.59. The van der Waals surface area contributed by atoms with E-state index in [0.29, 0.717) is 5.75 Å². The Morgan fingerprint density at radius 2 is 1.76 bits per heavy atom. The molecule has 0 spiro atoms. The van der Waals surface area contributed by atoms with Crippen LogP contribution in [0.4, 0.5) is 5.69 Å². The Balaban J connectivity index is 1.93. The molecule has 0 saturated heterocycles. The third kappa shape index (κ3) is 7.63. The van der Waals surface area contributed by atoms with E-state index in [1.807, 2.05) is 31.2 Å². The SMILES string of the molecule is COc1ccc(OC)c(N(CC(=O)N(Cc2cccc(C)c2)[C@@H](C)C(=O)NC2CCCCC2)S(C)(=O)=O)c1. The number of nitrogens with one attached hydrogen (secondary N) is 1. The summed E-state index contributed by atoms with van der Waals surface area (Å²) in [4.78, 5) is 28.5. The van der Waals surface area contributed by atoms with Gasteiger partial charge in [0.1, 0.15) is 24.1 Å². The van der Waals surface area contributed by atoms with Crippen LogP contribution in [-0.4, -0.2) is 64.2 Å². The van der Waals surface area contributed by atoms with Crippen molar-refractivity contribution < 1.29 is 27.5 Å². The van der Waals surface area contributed by atoms with Crippen molar-refractivity contribution in [1.82, 2.24) is 10.2 Å². The first-order chi connectivity index (χ1) is 18.0. The van der Waals surface area contributed by atoms with Gasteiger partial charge in [-0.05, 0) is 44.4 Å². The molecule has 208 valence electrons. The smallest absolute Gasteiger partial charge is 0.244 e. The number of amides is 2. The zero-order chi connectivity index (χ0) is 27.9. The minimum Gasteiger partial charge on any atom is -0.497 e. The number of aryl methyl sites for hydroxylation is 1. The normalized spacial score (nSPS) is 14.9. The molecule has 38 heavy (non-hydrogen) atoms. The number of carbonyl (C=O) groups is 2. The van der Waals surface area contributed by atoms with Crippen LogP contribution in [0.15, 0.2) is 42.5 Å². The molecule has 3 rings (SSSR count). The Kier molecular flexibility index (Phi) is 10.0. The van der Waals surface area contributed by atoms with Crippen LogP contribution in [0.5, 0.6) is 11.5 Å². The highest BCUT2D eigenvalue weighted by Crippen LogP contribution is 2.34. The largest absolute Gasteiger partial charge is 0.497 e. The molecule has 0 radical (unpaired) electrons. The van der Waals surface area contributed by atoms with Gasteiger partial charge in [0.05, 0.1) is 26.2 Å². The van der Waals surface area contributed by atoms with Crippen LogP contribution < -0.4 is 19.1 Å². The van der Waals surface area contributed by atoms with Crippen LogP contribution in [0.1, 0.15) is 50.2 Å². The van der Waals surface area contributed by atoms with Gasteiger partial charge in [0.25, 0.3) is 0 Å². The van der Waals surface area contributed by atoms with Crippen LogP contribution in [0.3, 0.4) is 0 Å². The number of ether oxygens (including phenoxy) is 2. The third-order valence-electron chi connectivity index (χ3n) is 6.89. The first-order valence-corrected chi connectivity index (χ1v) is 14.7. The summed E-state index contributed by atoms with van der Waals surface area (Å²) in [6.07, 6.45) is 6.16. The van der Waals surface area contributed by atoms with Gasteiger partial charge in [0.15, 0.2) is 0 Å². The molecular formula is C28H39N3O6S. The minimum absolute atomic E-state index is 0.0863. The summed E-state index contributed by atoms with van der Waals surface area (Å²) in [5, 5.41) is 3.10. The lowest BCUT2D eigenvalue weighted by molar-refractivity contribution is -0.139. The maximum atomic E-state index is 13.8. The molecule has 1 aliphatic carbocycles. The lowest BCUT2D eigenvalue weighted by atomic mass is 9.95. The molecular weight excluding hydrogens is 506 g/mol. The van der Waals surface area contributed by atoms with E-state index >= 15 is 0 Å². The predicted octanol–water partition coefficient (Wildman–Crippen LogP) is 3.64. The summed E-state index contributed by atoms with van der Waals surface area (Å²) in [6.45, 7) is 3.29. The Morgan fingerprint density at radius 3 is 2.37 bits per heavy atom. The van der Waals surface area contributed by atoms with Gasteiger partial charge in [-0.2, -0.15) is 0 Å². The van der Waals surface area contributed by atoms with E-state index in [9.17, 15) is 18.0 Å². The Hall–Kier alpha value is -3.27. The number of carbonyl (C=O) groups excluding carboxylic acids is 2. The minimum atomic E-state index is -3.90. The van der Waals surface area contributed by atoms with E-state index in [1.54, 1.807) is 19.1 Å². The summed E-state index contributed by atoms with van der Waals surface area (Å²) in [7, 11) is -1.01. The van der Waals surface area contributed by atoms with Gasteiger partial charge in [-0.1, -0.05) is 49.1 Å². The molecule has 2 aromatic rings. The molecule has 2 amide bonds. The standard InChI is InChI=1S/C28H39N3O6S/c1-20-10-9-11-22(16-20)18-30(21(2)28(33)29-23-12-7-6-8-13-23)27(32)19-31(38(5,34)35)25-17-24(36-3)14-15-26(25)37-4/h9-11,14-17,21,23H,6-8,12-13,18-19H2,1-5H3,(H,29,33)/t21-/m0/s1. The average Bonchev–Trinajstić information content (AvgIpc) is 2.89. The lowest BCUT2D eigenvalue weighted by Gasteiger charge is -2.33. The highest BCUT2D eigenvalue weighted by atomic mass is 32.2. The van der Waals surface area contributed by atoms with Crippen molar-refractivity contribution in [1.29, 1.82) is 0 Å². The molecule has 1 aliphatic rings. The van der Waals surface area contributed by atoms with Crippen LogP contribution in [0.25, 0.3) is 0 Å². The Bertz CT molecular complexity index is 1230. The van der Waals surface area contributed by atoms with E-state index in [1.165, 1.54) is 25.2 Å². The zero-order valence-electron chi connectivity index (χ0n) is 22.9. The Labute approximate surface area is 226 Å². The maximum absolute atomic E-state index is 13.8. The zero-order valence-corrected chi connectivity index (χ0v) is 23.7. The van der Waals surface area contributed by atoms with Gasteiger partial charge in [0.2, 0.25) is 21.8 Å². The first-order valence-electron chi connectivity index (χ1n) is 12.9. The molecule has 1 N–H and O–H groups in total. The lowest BCUT2D eigenvalue weighted by Crippen LogP contribution is -2.53. The fourth-order valence-electron chi connectivity index (χ4n) is 4.74. The average molecular weight is 546 g/mol. The Morgan fingerprint density at radius 1 is 1.05 bits per heavy atom. The van der Waals surface area contributed by atoms with Crippen LogP contribution in [0.2, 0.25) is 0 Å². The first kappa shape index (κ1) is 29.3. The van der Waals surface area contributed by atoms with E-state index < -0.39 is 28.5 Å². The van der Waals surface area contributed by atoms with Crippen molar-refractivity contribution >= 4 is 27.5 Å². The van der Waals surface area contributed by atoms with E-state index in [4.69, 9.17) is 9.47 Å². The maximum Gasteiger partial charge on any atom is 0.244 e. The summed E-state index contributed by atoms with van der Waals surface area (Å²) < 4.78 is 37.5. The molecule has 0 aliphatic heterocycles. The highest BCUT2D eigenvalue weighted by Gasteiger charge is 2.32. The molecule has 2 aromatic carbocycles. The van der Waals surface area contributed by atoms with Crippen LogP contribution in [-0.2, 0) is 26.2 Å². The summed E-state index contributed by atoms with van der Waals surface area (Å²) in [5.41, 5.74) is 2.05. The van der Waals surface area contributed by atoms with Gasteiger partial charge < -0.3 is 19.7 Å². The molecule has 0 unspecified atom stereocenters. The number of methoxy groups -OCH3 is 2. The molecule has 1 atom stereocenters. The molecule has 1 fully saturated rings. The quantitative estimate of drug-likeness (QED) is 0.462. The van der Waals surface area contributed by atoms with Crippen molar-refractivity contribution in [2.75, 3.05) is 31.3 Å². The van der Waals surface area contributed by atoms with Gasteiger partial charge in [-0.3, -0.25) is 13.9 Å². The molecule has 0 bridgehead atoms. The van der Waals surface area contributed by atoms with Crippen molar-refractivity contribution in [2.45, 2.75) is 64.6 Å². The molecule has 0 aromatic heterocycles. The topological polar surface area (TPSA) is 105 Å². The van der Waals surface area contributed by atoms with Gasteiger partial charge in [-0.25, -0.2) is 8.42 Å². The van der Waals surface area contributed by atoms with E-state index in [0.717, 1.165) is 53.8 Å². The third-order valence-corrected chi connectivity index (χ3v) is 8.01. The van der Waals surface area contributed by atoms with Gasteiger partial charge in [-0.15, -0.1) is 0 Å². The second-order valence-corrected chi connectivity index (χ2v) is 11.7. The highest BCUT2D eigenvalue weighted by molar-refractivity contribution is 7.92. The number of hydrogen-bond acceptors (Lipinski definition) is 6.